The standard InChI is InChI=1S/C34H52N6O9/c1-20(2)27(30(44)36-18-26(42)48-19-23-13-10-9-11-14-23)38-25(41)17-35-29(43)24-15-12-16-40(24)32(46)22(5)37-31(45)28(21(3)4)39-33(47)49-34(6,7)8/h9-11,13-14,20-22,24,27-28H,12,15-19H2,1-8H3,(H,35,43)(H,36,44)(H,37,45)(H,38,41)(H,39,47)/t22-,24-,27-,28-/m0/s1. The molecule has 1 aliphatic heterocycles. The van der Waals surface area contributed by atoms with E-state index in [0.717, 1.165) is 5.56 Å². The molecule has 1 aromatic rings. The number of esters is 1. The summed E-state index contributed by atoms with van der Waals surface area (Å²) in [4.78, 5) is 90.6. The first-order chi connectivity index (χ1) is 22.9. The zero-order chi connectivity index (χ0) is 36.9. The van der Waals surface area contributed by atoms with E-state index in [1.807, 2.05) is 18.2 Å². The van der Waals surface area contributed by atoms with Gasteiger partial charge in [0.05, 0.1) is 6.54 Å². The van der Waals surface area contributed by atoms with E-state index in [4.69, 9.17) is 9.47 Å². The van der Waals surface area contributed by atoms with Gasteiger partial charge in [-0.2, -0.15) is 0 Å². The number of ether oxygens (including phenoxy) is 2. The van der Waals surface area contributed by atoms with Crippen molar-refractivity contribution in [1.82, 2.24) is 31.5 Å². The third-order valence-electron chi connectivity index (χ3n) is 7.53. The molecular weight excluding hydrogens is 636 g/mol. The van der Waals surface area contributed by atoms with Gasteiger partial charge in [0.1, 0.15) is 42.9 Å². The monoisotopic (exact) mass is 688 g/mol. The molecule has 49 heavy (non-hydrogen) atoms. The SMILES string of the molecule is CC(C)[C@H](NC(=O)CNC(=O)[C@@H]1CCCN1C(=O)[C@H](C)NC(=O)[C@@H](NC(=O)OC(C)(C)C)C(C)C)C(=O)NCC(=O)OCc1ccccc1. The van der Waals surface area contributed by atoms with Crippen LogP contribution in [0.15, 0.2) is 30.3 Å². The van der Waals surface area contributed by atoms with Crippen LogP contribution in [0.1, 0.15) is 73.8 Å². The lowest BCUT2D eigenvalue weighted by atomic mass is 10.0. The van der Waals surface area contributed by atoms with Crippen molar-refractivity contribution in [3.05, 3.63) is 35.9 Å². The number of hydrogen-bond donors (Lipinski definition) is 5. The highest BCUT2D eigenvalue weighted by Crippen LogP contribution is 2.19. The first kappa shape index (κ1) is 40.5. The fourth-order valence-corrected chi connectivity index (χ4v) is 4.99. The van der Waals surface area contributed by atoms with Gasteiger partial charge in [-0.15, -0.1) is 0 Å². The number of carbonyl (C=O) groups excluding carboxylic acids is 7. The number of nitrogens with zero attached hydrogens (tertiary/aromatic N) is 1. The van der Waals surface area contributed by atoms with Crippen LogP contribution in [0.2, 0.25) is 0 Å². The van der Waals surface area contributed by atoms with Gasteiger partial charge in [-0.25, -0.2) is 4.79 Å². The van der Waals surface area contributed by atoms with Crippen LogP contribution >= 0.6 is 0 Å². The molecule has 15 nitrogen and oxygen atoms in total. The fraction of sp³-hybridized carbons (Fsp3) is 0.618. The largest absolute Gasteiger partial charge is 0.460 e. The number of likely N-dealkylation sites (tertiary alicyclic amines) is 1. The molecule has 5 N–H and O–H groups in total. The summed E-state index contributed by atoms with van der Waals surface area (Å²) in [6, 6.07) is 5.24. The minimum Gasteiger partial charge on any atom is -0.460 e. The van der Waals surface area contributed by atoms with E-state index in [9.17, 15) is 33.6 Å². The molecule has 0 aliphatic carbocycles. The predicted molar refractivity (Wildman–Crippen MR) is 179 cm³/mol. The van der Waals surface area contributed by atoms with Crippen molar-refractivity contribution in [2.24, 2.45) is 11.8 Å². The average molecular weight is 689 g/mol. The highest BCUT2D eigenvalue weighted by molar-refractivity contribution is 5.95. The Labute approximate surface area is 288 Å². The van der Waals surface area contributed by atoms with Crippen molar-refractivity contribution >= 4 is 41.6 Å². The van der Waals surface area contributed by atoms with Gasteiger partial charge >= 0.3 is 12.1 Å². The summed E-state index contributed by atoms with van der Waals surface area (Å²) in [5.74, 6) is -4.14. The summed E-state index contributed by atoms with van der Waals surface area (Å²) in [7, 11) is 0. The molecule has 4 atom stereocenters. The second kappa shape index (κ2) is 18.7. The smallest absolute Gasteiger partial charge is 0.408 e. The molecule has 1 fully saturated rings. The van der Waals surface area contributed by atoms with Crippen molar-refractivity contribution in [2.45, 2.75) is 105 Å². The Balaban J connectivity index is 1.87. The Hall–Kier alpha value is -4.69. The van der Waals surface area contributed by atoms with Crippen LogP contribution in [0.5, 0.6) is 0 Å². The second-order valence-electron chi connectivity index (χ2n) is 13.7. The van der Waals surface area contributed by atoms with E-state index in [2.05, 4.69) is 26.6 Å². The molecule has 15 heteroatoms. The molecule has 6 amide bonds. The number of amides is 6. The normalized spacial score (nSPS) is 16.2. The van der Waals surface area contributed by atoms with E-state index < -0.39 is 77.9 Å². The second-order valence-corrected chi connectivity index (χ2v) is 13.7. The third-order valence-corrected chi connectivity index (χ3v) is 7.53. The summed E-state index contributed by atoms with van der Waals surface area (Å²) < 4.78 is 10.4. The molecule has 0 unspecified atom stereocenters. The summed E-state index contributed by atoms with van der Waals surface area (Å²) in [6.07, 6.45) is 0.126. The summed E-state index contributed by atoms with van der Waals surface area (Å²) in [5.41, 5.74) is 0.0370. The van der Waals surface area contributed by atoms with Crippen molar-refractivity contribution in [2.75, 3.05) is 19.6 Å². The van der Waals surface area contributed by atoms with Gasteiger partial charge in [0.15, 0.2) is 0 Å². The first-order valence-electron chi connectivity index (χ1n) is 16.5. The maximum atomic E-state index is 13.3. The maximum absolute atomic E-state index is 13.3. The van der Waals surface area contributed by atoms with E-state index >= 15 is 0 Å². The molecule has 0 aromatic heterocycles. The summed E-state index contributed by atoms with van der Waals surface area (Å²) >= 11 is 0. The topological polar surface area (TPSA) is 201 Å². The number of nitrogens with one attached hydrogen (secondary N) is 5. The zero-order valence-corrected chi connectivity index (χ0v) is 29.7. The van der Waals surface area contributed by atoms with E-state index in [-0.39, 0.29) is 31.5 Å². The van der Waals surface area contributed by atoms with E-state index in [1.54, 1.807) is 60.6 Å². The van der Waals surface area contributed by atoms with Crippen LogP contribution in [0.4, 0.5) is 4.79 Å². The van der Waals surface area contributed by atoms with Gasteiger partial charge in [-0.05, 0) is 57.9 Å². The molecule has 0 saturated carbocycles. The predicted octanol–water partition coefficient (Wildman–Crippen LogP) is 1.15. The van der Waals surface area contributed by atoms with Gasteiger partial charge < -0.3 is 41.0 Å². The Morgan fingerprint density at radius 2 is 1.43 bits per heavy atom. The van der Waals surface area contributed by atoms with Gasteiger partial charge in [0.2, 0.25) is 29.5 Å². The molecule has 1 aliphatic rings. The lowest BCUT2D eigenvalue weighted by Crippen LogP contribution is -2.57. The van der Waals surface area contributed by atoms with Crippen LogP contribution in [-0.4, -0.2) is 95.9 Å². The minimum atomic E-state index is -1.01. The molecule has 1 heterocycles. The molecule has 0 spiro atoms. The Kier molecular flexibility index (Phi) is 15.5. The molecule has 1 aromatic carbocycles. The number of benzene rings is 1. The number of carbonyl (C=O) groups is 7. The van der Waals surface area contributed by atoms with Crippen molar-refractivity contribution < 1.29 is 43.0 Å². The van der Waals surface area contributed by atoms with E-state index in [0.29, 0.717) is 12.8 Å². The molecule has 2 rings (SSSR count). The Morgan fingerprint density at radius 1 is 0.816 bits per heavy atom. The number of alkyl carbamates (subject to hydrolysis) is 1. The molecule has 0 bridgehead atoms. The lowest BCUT2D eigenvalue weighted by Gasteiger charge is -2.29. The number of hydrogen-bond acceptors (Lipinski definition) is 9. The molecule has 0 radical (unpaired) electrons. The van der Waals surface area contributed by atoms with Crippen molar-refractivity contribution in [3.63, 3.8) is 0 Å². The third kappa shape index (κ3) is 13.8. The lowest BCUT2D eigenvalue weighted by molar-refractivity contribution is -0.145. The Morgan fingerprint density at radius 3 is 2.02 bits per heavy atom. The fourth-order valence-electron chi connectivity index (χ4n) is 4.99. The first-order valence-corrected chi connectivity index (χ1v) is 16.5. The highest BCUT2D eigenvalue weighted by Gasteiger charge is 2.37. The molecule has 1 saturated heterocycles. The molecular formula is C34H52N6O9. The van der Waals surface area contributed by atoms with Crippen LogP contribution in [-0.2, 0) is 44.8 Å². The van der Waals surface area contributed by atoms with Crippen molar-refractivity contribution in [3.8, 4) is 0 Å². The maximum Gasteiger partial charge on any atom is 0.408 e. The van der Waals surface area contributed by atoms with Crippen LogP contribution in [0, 0.1) is 11.8 Å². The Bertz CT molecular complexity index is 1330. The van der Waals surface area contributed by atoms with Crippen molar-refractivity contribution in [1.29, 1.82) is 0 Å². The quantitative estimate of drug-likeness (QED) is 0.168. The summed E-state index contributed by atoms with van der Waals surface area (Å²) in [5, 5.41) is 12.8. The summed E-state index contributed by atoms with van der Waals surface area (Å²) in [6.45, 7) is 13.0. The average Bonchev–Trinajstić information content (AvgIpc) is 3.52. The minimum absolute atomic E-state index is 0.0586. The van der Waals surface area contributed by atoms with Crippen LogP contribution in [0.25, 0.3) is 0 Å². The van der Waals surface area contributed by atoms with Gasteiger partial charge in [0.25, 0.3) is 0 Å². The van der Waals surface area contributed by atoms with Crippen LogP contribution < -0.4 is 26.6 Å². The van der Waals surface area contributed by atoms with Gasteiger partial charge in [-0.3, -0.25) is 28.8 Å². The van der Waals surface area contributed by atoms with E-state index in [1.165, 1.54) is 11.8 Å². The zero-order valence-electron chi connectivity index (χ0n) is 29.7. The van der Waals surface area contributed by atoms with Crippen LogP contribution in [0.3, 0.4) is 0 Å². The van der Waals surface area contributed by atoms with Gasteiger partial charge in [-0.1, -0.05) is 58.0 Å². The molecule has 272 valence electrons. The van der Waals surface area contributed by atoms with Gasteiger partial charge in [0, 0.05) is 6.54 Å². The highest BCUT2D eigenvalue weighted by atomic mass is 16.6. The number of rotatable bonds is 15.